The van der Waals surface area contributed by atoms with E-state index in [9.17, 15) is 4.39 Å². The van der Waals surface area contributed by atoms with Gasteiger partial charge in [-0.3, -0.25) is 0 Å². The average molecular weight is 179 g/mol. The summed E-state index contributed by atoms with van der Waals surface area (Å²) in [4.78, 5) is 0. The van der Waals surface area contributed by atoms with Crippen molar-refractivity contribution < 1.29 is 9.50 Å². The Hall–Kier alpha value is -1.15. The van der Waals surface area contributed by atoms with Crippen LogP contribution in [0, 0.1) is 12.7 Å². The number of aliphatic hydroxyl groups excluding tert-OH is 1. The fourth-order valence-electron chi connectivity index (χ4n) is 1.12. The van der Waals surface area contributed by atoms with Crippen LogP contribution in [0.4, 0.5) is 4.39 Å². The second-order valence-electron chi connectivity index (χ2n) is 2.89. The lowest BCUT2D eigenvalue weighted by atomic mass is 9.99. The summed E-state index contributed by atoms with van der Waals surface area (Å²) in [7, 11) is 0. The van der Waals surface area contributed by atoms with Crippen molar-refractivity contribution >= 4 is 0 Å². The molecule has 0 saturated heterocycles. The van der Waals surface area contributed by atoms with Crippen molar-refractivity contribution in [2.75, 3.05) is 0 Å². The summed E-state index contributed by atoms with van der Waals surface area (Å²) in [6.45, 7) is 7.19. The Morgan fingerprint density at radius 3 is 2.69 bits per heavy atom. The maximum Gasteiger partial charge on any atom is 0.123 e. The molecule has 1 unspecified atom stereocenters. The molecule has 0 saturated carbocycles. The van der Waals surface area contributed by atoms with Crippen molar-refractivity contribution in [3.63, 3.8) is 0 Å². The third-order valence-corrected chi connectivity index (χ3v) is 1.88. The zero-order valence-corrected chi connectivity index (χ0v) is 7.33. The summed E-state index contributed by atoms with van der Waals surface area (Å²) in [6, 6.07) is 4.43. The van der Waals surface area contributed by atoms with E-state index in [0.717, 1.165) is 5.56 Å². The van der Waals surface area contributed by atoms with Crippen LogP contribution in [0.25, 0.3) is 0 Å². The molecule has 0 aliphatic rings. The number of allylic oxidation sites excluding steroid dienone is 1. The van der Waals surface area contributed by atoms with Crippen molar-refractivity contribution in [2.45, 2.75) is 12.5 Å². The van der Waals surface area contributed by atoms with Gasteiger partial charge in [0.05, 0.1) is 6.61 Å². The van der Waals surface area contributed by atoms with E-state index in [2.05, 4.69) is 13.5 Å². The van der Waals surface area contributed by atoms with Crippen LogP contribution in [-0.2, 0) is 6.61 Å². The predicted octanol–water partition coefficient (Wildman–Crippen LogP) is 2.42. The normalized spacial score (nSPS) is 12.5. The maximum atomic E-state index is 12.9. The molecule has 1 aromatic rings. The summed E-state index contributed by atoms with van der Waals surface area (Å²) in [5.74, 6) is -0.488. The highest BCUT2D eigenvalue weighted by molar-refractivity contribution is 5.30. The molecule has 0 spiro atoms. The van der Waals surface area contributed by atoms with E-state index in [0.29, 0.717) is 5.56 Å². The molecule has 1 radical (unpaired) electrons. The van der Waals surface area contributed by atoms with E-state index in [1.54, 1.807) is 12.1 Å². The fourth-order valence-corrected chi connectivity index (χ4v) is 1.12. The average Bonchev–Trinajstić information content (AvgIpc) is 2.15. The van der Waals surface area contributed by atoms with Crippen molar-refractivity contribution in [1.29, 1.82) is 0 Å². The third-order valence-electron chi connectivity index (χ3n) is 1.88. The second-order valence-corrected chi connectivity index (χ2v) is 2.89. The number of hydrogen-bond acceptors (Lipinski definition) is 1. The van der Waals surface area contributed by atoms with Gasteiger partial charge in [0.15, 0.2) is 0 Å². The van der Waals surface area contributed by atoms with E-state index in [4.69, 9.17) is 5.11 Å². The lowest BCUT2D eigenvalue weighted by molar-refractivity contribution is 0.281. The van der Waals surface area contributed by atoms with E-state index >= 15 is 0 Å². The van der Waals surface area contributed by atoms with Gasteiger partial charge >= 0.3 is 0 Å². The van der Waals surface area contributed by atoms with Gasteiger partial charge in [-0.05, 0) is 30.2 Å². The minimum absolute atomic E-state index is 0.138. The molecule has 1 aromatic carbocycles. The Labute approximate surface area is 77.5 Å². The van der Waals surface area contributed by atoms with Crippen LogP contribution in [0.1, 0.15) is 17.0 Å². The molecule has 1 rings (SSSR count). The monoisotopic (exact) mass is 179 g/mol. The summed E-state index contributed by atoms with van der Waals surface area (Å²) < 4.78 is 12.9. The molecule has 0 aliphatic carbocycles. The first-order valence-corrected chi connectivity index (χ1v) is 4.03. The quantitative estimate of drug-likeness (QED) is 0.706. The lowest BCUT2D eigenvalue weighted by Crippen LogP contribution is -1.94. The molecule has 0 aliphatic heterocycles. The first kappa shape index (κ1) is 9.93. The van der Waals surface area contributed by atoms with Gasteiger partial charge in [0.2, 0.25) is 0 Å². The number of hydrogen-bond donors (Lipinski definition) is 1. The maximum absolute atomic E-state index is 12.9. The van der Waals surface area contributed by atoms with Gasteiger partial charge in [-0.2, -0.15) is 0 Å². The van der Waals surface area contributed by atoms with Crippen LogP contribution >= 0.6 is 0 Å². The predicted molar refractivity (Wildman–Crippen MR) is 50.6 cm³/mol. The molecule has 2 heteroatoms. The highest BCUT2D eigenvalue weighted by Gasteiger charge is 2.04. The van der Waals surface area contributed by atoms with Gasteiger partial charge in [-0.25, -0.2) is 4.39 Å². The molecular formula is C11H12FO. The molecule has 1 nitrogen and oxygen atoms in total. The summed E-state index contributed by atoms with van der Waals surface area (Å²) in [5, 5.41) is 8.83. The Kier molecular flexibility index (Phi) is 3.20. The van der Waals surface area contributed by atoms with Gasteiger partial charge in [0, 0.05) is 5.92 Å². The van der Waals surface area contributed by atoms with Gasteiger partial charge in [0.1, 0.15) is 5.82 Å². The van der Waals surface area contributed by atoms with Crippen molar-refractivity contribution in [1.82, 2.24) is 0 Å². The Morgan fingerprint density at radius 2 is 2.15 bits per heavy atom. The Balaban J connectivity index is 3.07. The number of halogens is 1. The first-order valence-electron chi connectivity index (χ1n) is 4.03. The summed E-state index contributed by atoms with van der Waals surface area (Å²) >= 11 is 0. The van der Waals surface area contributed by atoms with Gasteiger partial charge in [-0.15, -0.1) is 6.58 Å². The van der Waals surface area contributed by atoms with E-state index < -0.39 is 0 Å². The third kappa shape index (κ3) is 2.39. The van der Waals surface area contributed by atoms with Crippen LogP contribution in [-0.4, -0.2) is 5.11 Å². The van der Waals surface area contributed by atoms with Crippen LogP contribution < -0.4 is 0 Å². The van der Waals surface area contributed by atoms with E-state index in [1.165, 1.54) is 12.1 Å². The lowest BCUT2D eigenvalue weighted by Gasteiger charge is -2.07. The second kappa shape index (κ2) is 4.19. The van der Waals surface area contributed by atoms with Gasteiger partial charge in [-0.1, -0.05) is 12.1 Å². The number of benzene rings is 1. The van der Waals surface area contributed by atoms with Crippen molar-refractivity contribution in [2.24, 2.45) is 0 Å². The molecule has 13 heavy (non-hydrogen) atoms. The molecule has 69 valence electrons. The summed E-state index contributed by atoms with van der Waals surface area (Å²) in [6.07, 6.45) is 1.63. The molecule has 0 heterocycles. The molecule has 1 atom stereocenters. The smallest absolute Gasteiger partial charge is 0.123 e. The van der Waals surface area contributed by atoms with Crippen LogP contribution in [0.15, 0.2) is 30.9 Å². The van der Waals surface area contributed by atoms with Crippen LogP contribution in [0.3, 0.4) is 0 Å². The van der Waals surface area contributed by atoms with Gasteiger partial charge in [0.25, 0.3) is 0 Å². The largest absolute Gasteiger partial charge is 0.392 e. The highest BCUT2D eigenvalue weighted by Crippen LogP contribution is 2.18. The topological polar surface area (TPSA) is 20.2 Å². The summed E-state index contributed by atoms with van der Waals surface area (Å²) in [5.41, 5.74) is 1.30. The minimum atomic E-state index is -0.350. The number of rotatable bonds is 3. The van der Waals surface area contributed by atoms with Crippen molar-refractivity contribution in [3.8, 4) is 0 Å². The zero-order valence-electron chi connectivity index (χ0n) is 7.33. The van der Waals surface area contributed by atoms with Crippen molar-refractivity contribution in [3.05, 3.63) is 54.7 Å². The first-order chi connectivity index (χ1) is 6.17. The molecule has 0 amide bonds. The SMILES string of the molecule is [CH2]C(C=C)c1cc(F)cc(CO)c1. The Bertz CT molecular complexity index is 307. The standard InChI is InChI=1S/C11H12FO/c1-3-8(2)10-4-9(7-13)5-11(12)6-10/h3-6,8,13H,1-2,7H2. The Morgan fingerprint density at radius 1 is 1.46 bits per heavy atom. The van der Waals surface area contributed by atoms with E-state index in [-0.39, 0.29) is 18.3 Å². The van der Waals surface area contributed by atoms with Crippen LogP contribution in [0.5, 0.6) is 0 Å². The van der Waals surface area contributed by atoms with Gasteiger partial charge < -0.3 is 5.11 Å². The van der Waals surface area contributed by atoms with E-state index in [1.807, 2.05) is 0 Å². The molecule has 0 aromatic heterocycles. The zero-order chi connectivity index (χ0) is 9.84. The molecular weight excluding hydrogens is 167 g/mol. The molecule has 0 bridgehead atoms. The highest BCUT2D eigenvalue weighted by atomic mass is 19.1. The van der Waals surface area contributed by atoms with Crippen LogP contribution in [0.2, 0.25) is 0 Å². The molecule has 1 N–H and O–H groups in total. The molecule has 0 fully saturated rings. The minimum Gasteiger partial charge on any atom is -0.392 e. The fraction of sp³-hybridized carbons (Fsp3) is 0.182. The number of aliphatic hydroxyl groups is 1.